The number of piperazine rings is 1. The Bertz CT molecular complexity index is 1160. The highest BCUT2D eigenvalue weighted by molar-refractivity contribution is 5.93. The molecule has 1 aliphatic heterocycles. The van der Waals surface area contributed by atoms with Gasteiger partial charge in [0.05, 0.1) is 11.8 Å². The molecule has 0 spiro atoms. The zero-order chi connectivity index (χ0) is 19.8. The Labute approximate surface area is 166 Å². The molecule has 0 bridgehead atoms. The first-order valence-corrected chi connectivity index (χ1v) is 9.71. The Morgan fingerprint density at radius 1 is 1.10 bits per heavy atom. The highest BCUT2D eigenvalue weighted by atomic mass is 16.3. The van der Waals surface area contributed by atoms with Crippen LogP contribution in [0.25, 0.3) is 28.1 Å². The van der Waals surface area contributed by atoms with E-state index in [1.54, 1.807) is 6.26 Å². The van der Waals surface area contributed by atoms with Crippen molar-refractivity contribution in [3.63, 3.8) is 0 Å². The third-order valence-corrected chi connectivity index (χ3v) is 5.15. The number of benzene rings is 1. The average Bonchev–Trinajstić information content (AvgIpc) is 3.43. The number of nitrogens with zero attached hydrogens (tertiary/aromatic N) is 6. The van der Waals surface area contributed by atoms with Gasteiger partial charge in [-0.05, 0) is 31.2 Å². The van der Waals surface area contributed by atoms with Gasteiger partial charge in [-0.3, -0.25) is 0 Å². The second-order valence-electron chi connectivity index (χ2n) is 6.90. The topological polar surface area (TPSA) is 91.8 Å². The van der Waals surface area contributed by atoms with Gasteiger partial charge in [0, 0.05) is 38.1 Å². The summed E-state index contributed by atoms with van der Waals surface area (Å²) in [6.07, 6.45) is 1.62. The van der Waals surface area contributed by atoms with Crippen LogP contribution in [0.1, 0.15) is 6.92 Å². The van der Waals surface area contributed by atoms with Crippen molar-refractivity contribution in [3.05, 3.63) is 42.7 Å². The minimum atomic E-state index is -0.0238. The standard InChI is InChI=1S/C20H21N7O2/c1-2-21-20(28)26-11-9-25(10-12-26)19-22-15-7-4-3-6-14(15)17-23-24-18(27(17)19)16-8-5-13-29-16/h3-8,13H,2,9-12H2,1H3,(H,21,28). The second-order valence-corrected chi connectivity index (χ2v) is 6.90. The molecule has 1 aliphatic rings. The van der Waals surface area contributed by atoms with Crippen molar-refractivity contribution < 1.29 is 9.21 Å². The van der Waals surface area contributed by atoms with E-state index < -0.39 is 0 Å². The smallest absolute Gasteiger partial charge is 0.317 e. The average molecular weight is 391 g/mol. The van der Waals surface area contributed by atoms with Crippen molar-refractivity contribution in [1.82, 2.24) is 29.8 Å². The molecule has 4 heterocycles. The fourth-order valence-electron chi connectivity index (χ4n) is 3.72. The SMILES string of the molecule is CCNC(=O)N1CCN(c2nc3ccccc3c3nnc(-c4ccco4)n23)CC1. The number of hydrogen-bond acceptors (Lipinski definition) is 6. The van der Waals surface area contributed by atoms with Gasteiger partial charge >= 0.3 is 6.03 Å². The molecular formula is C20H21N7O2. The molecule has 29 heavy (non-hydrogen) atoms. The molecule has 1 aromatic carbocycles. The summed E-state index contributed by atoms with van der Waals surface area (Å²) in [5.41, 5.74) is 1.60. The van der Waals surface area contributed by atoms with Crippen molar-refractivity contribution in [1.29, 1.82) is 0 Å². The summed E-state index contributed by atoms with van der Waals surface area (Å²) < 4.78 is 7.53. The Kier molecular flexibility index (Phi) is 4.27. The Morgan fingerprint density at radius 3 is 2.69 bits per heavy atom. The molecule has 0 radical (unpaired) electrons. The van der Waals surface area contributed by atoms with Crippen LogP contribution in [0.15, 0.2) is 47.1 Å². The quantitative estimate of drug-likeness (QED) is 0.577. The first-order chi connectivity index (χ1) is 14.3. The van der Waals surface area contributed by atoms with Gasteiger partial charge in [0.1, 0.15) is 0 Å². The van der Waals surface area contributed by atoms with Gasteiger partial charge in [0.2, 0.25) is 11.8 Å². The molecule has 1 N–H and O–H groups in total. The lowest BCUT2D eigenvalue weighted by atomic mass is 10.2. The molecule has 1 saturated heterocycles. The number of nitrogens with one attached hydrogen (secondary N) is 1. The zero-order valence-corrected chi connectivity index (χ0v) is 16.1. The summed E-state index contributed by atoms with van der Waals surface area (Å²) in [5.74, 6) is 2.01. The molecular weight excluding hydrogens is 370 g/mol. The minimum Gasteiger partial charge on any atom is -0.461 e. The lowest BCUT2D eigenvalue weighted by Crippen LogP contribution is -2.52. The number of carbonyl (C=O) groups is 1. The van der Waals surface area contributed by atoms with E-state index in [1.165, 1.54) is 0 Å². The molecule has 9 heteroatoms. The zero-order valence-electron chi connectivity index (χ0n) is 16.1. The number of amides is 2. The summed E-state index contributed by atoms with van der Waals surface area (Å²) in [6, 6.07) is 11.6. The summed E-state index contributed by atoms with van der Waals surface area (Å²) in [7, 11) is 0. The van der Waals surface area contributed by atoms with Crippen LogP contribution >= 0.6 is 0 Å². The normalized spacial score (nSPS) is 14.7. The Hall–Kier alpha value is -3.62. The van der Waals surface area contributed by atoms with Gasteiger partial charge in [-0.25, -0.2) is 14.2 Å². The lowest BCUT2D eigenvalue weighted by Gasteiger charge is -2.35. The Balaban J connectivity index is 1.59. The molecule has 1 fully saturated rings. The number of para-hydroxylation sites is 1. The van der Waals surface area contributed by atoms with E-state index >= 15 is 0 Å². The maximum Gasteiger partial charge on any atom is 0.317 e. The van der Waals surface area contributed by atoms with Gasteiger partial charge < -0.3 is 19.5 Å². The number of hydrogen-bond donors (Lipinski definition) is 1. The maximum atomic E-state index is 12.1. The molecule has 5 rings (SSSR count). The fraction of sp³-hybridized carbons (Fsp3) is 0.300. The monoisotopic (exact) mass is 391 g/mol. The largest absolute Gasteiger partial charge is 0.461 e. The molecule has 0 aliphatic carbocycles. The number of rotatable bonds is 3. The van der Waals surface area contributed by atoms with Gasteiger partial charge in [-0.15, -0.1) is 10.2 Å². The summed E-state index contributed by atoms with van der Waals surface area (Å²) in [4.78, 5) is 21.1. The van der Waals surface area contributed by atoms with E-state index in [4.69, 9.17) is 9.40 Å². The van der Waals surface area contributed by atoms with Crippen LogP contribution in [0.2, 0.25) is 0 Å². The molecule has 9 nitrogen and oxygen atoms in total. The van der Waals surface area contributed by atoms with E-state index in [0.29, 0.717) is 44.3 Å². The first kappa shape index (κ1) is 17.5. The van der Waals surface area contributed by atoms with Crippen molar-refractivity contribution in [2.75, 3.05) is 37.6 Å². The number of carbonyl (C=O) groups excluding carboxylic acids is 1. The van der Waals surface area contributed by atoms with E-state index in [-0.39, 0.29) is 6.03 Å². The third-order valence-electron chi connectivity index (χ3n) is 5.15. The van der Waals surface area contributed by atoms with Crippen LogP contribution in [0.4, 0.5) is 10.7 Å². The van der Waals surface area contributed by atoms with Gasteiger partial charge in [-0.1, -0.05) is 12.1 Å². The van der Waals surface area contributed by atoms with Crippen LogP contribution in [-0.2, 0) is 0 Å². The predicted octanol–water partition coefficient (Wildman–Crippen LogP) is 2.39. The van der Waals surface area contributed by atoms with Crippen molar-refractivity contribution in [3.8, 4) is 11.6 Å². The molecule has 0 atom stereocenters. The molecule has 0 saturated carbocycles. The number of urea groups is 1. The fourth-order valence-corrected chi connectivity index (χ4v) is 3.72. The summed E-state index contributed by atoms with van der Waals surface area (Å²) in [5, 5.41) is 12.6. The maximum absolute atomic E-state index is 12.1. The van der Waals surface area contributed by atoms with Crippen LogP contribution in [0.5, 0.6) is 0 Å². The molecule has 3 aromatic heterocycles. The summed E-state index contributed by atoms with van der Waals surface area (Å²) >= 11 is 0. The van der Waals surface area contributed by atoms with Crippen LogP contribution in [-0.4, -0.2) is 63.2 Å². The van der Waals surface area contributed by atoms with Gasteiger partial charge in [0.15, 0.2) is 11.4 Å². The highest BCUT2D eigenvalue weighted by Gasteiger charge is 2.26. The van der Waals surface area contributed by atoms with Crippen molar-refractivity contribution in [2.45, 2.75) is 6.92 Å². The number of furan rings is 1. The molecule has 4 aromatic rings. The lowest BCUT2D eigenvalue weighted by molar-refractivity contribution is 0.194. The van der Waals surface area contributed by atoms with Crippen molar-refractivity contribution in [2.24, 2.45) is 0 Å². The van der Waals surface area contributed by atoms with E-state index in [2.05, 4.69) is 20.4 Å². The van der Waals surface area contributed by atoms with Crippen molar-refractivity contribution >= 4 is 28.5 Å². The van der Waals surface area contributed by atoms with E-state index in [1.807, 2.05) is 52.6 Å². The Morgan fingerprint density at radius 2 is 1.93 bits per heavy atom. The molecule has 148 valence electrons. The van der Waals surface area contributed by atoms with Gasteiger partial charge in [-0.2, -0.15) is 0 Å². The second kappa shape index (κ2) is 7.08. The summed E-state index contributed by atoms with van der Waals surface area (Å²) in [6.45, 7) is 5.14. The van der Waals surface area contributed by atoms with Gasteiger partial charge in [0.25, 0.3) is 0 Å². The third kappa shape index (κ3) is 2.95. The van der Waals surface area contributed by atoms with Crippen LogP contribution in [0.3, 0.4) is 0 Å². The first-order valence-electron chi connectivity index (χ1n) is 9.71. The number of anilines is 1. The highest BCUT2D eigenvalue weighted by Crippen LogP contribution is 2.29. The molecule has 2 amide bonds. The predicted molar refractivity (Wildman–Crippen MR) is 109 cm³/mol. The molecule has 0 unspecified atom stereocenters. The van der Waals surface area contributed by atoms with E-state index in [9.17, 15) is 4.79 Å². The van der Waals surface area contributed by atoms with E-state index in [0.717, 1.165) is 22.5 Å². The number of fused-ring (bicyclic) bond motifs is 3. The van der Waals surface area contributed by atoms with Crippen LogP contribution < -0.4 is 10.2 Å². The van der Waals surface area contributed by atoms with Crippen LogP contribution in [0, 0.1) is 0 Å². The number of aromatic nitrogens is 4. The minimum absolute atomic E-state index is 0.0238.